The number of hydrogen-bond donors (Lipinski definition) is 2. The van der Waals surface area contributed by atoms with E-state index in [-0.39, 0.29) is 56.8 Å². The van der Waals surface area contributed by atoms with E-state index in [1.807, 2.05) is 51.1 Å². The van der Waals surface area contributed by atoms with E-state index in [0.29, 0.717) is 24.8 Å². The number of rotatable bonds is 14. The first-order chi connectivity index (χ1) is 20.5. The third kappa shape index (κ3) is 6.40. The molecule has 1 aromatic carbocycles. The summed E-state index contributed by atoms with van der Waals surface area (Å²) in [7, 11) is 0. The Morgan fingerprint density at radius 1 is 1.23 bits per heavy atom. The number of hydrogen-bond acceptors (Lipinski definition) is 7. The molecule has 1 spiro atoms. The Morgan fingerprint density at radius 3 is 2.58 bits per heavy atom. The molecular formula is C33H45N3O7. The Bertz CT molecular complexity index is 1210. The van der Waals surface area contributed by atoms with Crippen LogP contribution in [0.5, 0.6) is 0 Å². The lowest BCUT2D eigenvalue weighted by Gasteiger charge is -2.42. The standard InChI is InChI=1S/C33H45N3O7/c1-6-8-15-25(38)34-21-24(22-13-10-9-11-14-22)42-31(41)26-23-16-17-33(43-23)27(26)29(39)35(19-12-20-37)28(33)30(40)36(18-7-2)32(3,4)5/h6-7,9-11,13-14,23-24,26-28,37H,1-2,8,12,15-21H2,3-5H3,(H,34,38)/t23-,24+,26+,27+,28-,33+/m0/s1. The number of nitrogens with zero attached hydrogens (tertiary/aromatic N) is 2. The third-order valence-electron chi connectivity index (χ3n) is 8.74. The molecule has 0 unspecified atom stereocenters. The first-order valence-corrected chi connectivity index (χ1v) is 15.1. The van der Waals surface area contributed by atoms with Crippen molar-refractivity contribution < 1.29 is 33.8 Å². The number of esters is 1. The summed E-state index contributed by atoms with van der Waals surface area (Å²) in [5, 5.41) is 12.4. The Hall–Kier alpha value is -3.50. The summed E-state index contributed by atoms with van der Waals surface area (Å²) in [6.45, 7) is 13.6. The highest BCUT2D eigenvalue weighted by atomic mass is 16.6. The van der Waals surface area contributed by atoms with Crippen LogP contribution in [0.15, 0.2) is 55.6 Å². The van der Waals surface area contributed by atoms with Gasteiger partial charge < -0.3 is 29.7 Å². The second-order valence-corrected chi connectivity index (χ2v) is 12.5. The number of likely N-dealkylation sites (tertiary alicyclic amines) is 1. The minimum atomic E-state index is -1.18. The summed E-state index contributed by atoms with van der Waals surface area (Å²) in [6.07, 6.45) is 4.02. The van der Waals surface area contributed by atoms with Crippen LogP contribution >= 0.6 is 0 Å². The van der Waals surface area contributed by atoms with Gasteiger partial charge in [-0.1, -0.05) is 42.5 Å². The van der Waals surface area contributed by atoms with Gasteiger partial charge in [0.2, 0.25) is 17.7 Å². The molecule has 3 amide bonds. The van der Waals surface area contributed by atoms with Crippen molar-refractivity contribution in [2.45, 2.75) is 82.3 Å². The number of aliphatic hydroxyl groups is 1. The minimum Gasteiger partial charge on any atom is -0.455 e. The van der Waals surface area contributed by atoms with Crippen LogP contribution < -0.4 is 5.32 Å². The molecule has 10 nitrogen and oxygen atoms in total. The molecule has 2 N–H and O–H groups in total. The van der Waals surface area contributed by atoms with Crippen LogP contribution in [0.1, 0.15) is 64.5 Å². The Labute approximate surface area is 254 Å². The fourth-order valence-electron chi connectivity index (χ4n) is 6.80. The summed E-state index contributed by atoms with van der Waals surface area (Å²) in [4.78, 5) is 57.9. The summed E-state index contributed by atoms with van der Waals surface area (Å²) >= 11 is 0. The van der Waals surface area contributed by atoms with Gasteiger partial charge in [-0.3, -0.25) is 19.2 Å². The van der Waals surface area contributed by atoms with Gasteiger partial charge >= 0.3 is 5.97 Å². The van der Waals surface area contributed by atoms with Crippen molar-refractivity contribution >= 4 is 23.7 Å². The molecule has 10 heteroatoms. The van der Waals surface area contributed by atoms with Crippen LogP contribution in [-0.2, 0) is 28.7 Å². The van der Waals surface area contributed by atoms with E-state index in [9.17, 15) is 24.3 Å². The third-order valence-corrected chi connectivity index (χ3v) is 8.74. The van der Waals surface area contributed by atoms with Crippen LogP contribution in [0, 0.1) is 11.8 Å². The van der Waals surface area contributed by atoms with Crippen molar-refractivity contribution in [2.75, 3.05) is 26.2 Å². The Kier molecular flexibility index (Phi) is 10.1. The van der Waals surface area contributed by atoms with Gasteiger partial charge in [-0.15, -0.1) is 13.2 Å². The molecule has 0 saturated carbocycles. The van der Waals surface area contributed by atoms with E-state index >= 15 is 0 Å². The molecule has 0 aromatic heterocycles. The topological polar surface area (TPSA) is 125 Å². The number of aliphatic hydroxyl groups excluding tert-OH is 1. The Balaban J connectivity index is 1.63. The van der Waals surface area contributed by atoms with Gasteiger partial charge in [-0.25, -0.2) is 0 Å². The van der Waals surface area contributed by atoms with Crippen molar-refractivity contribution in [3.8, 4) is 0 Å². The fourth-order valence-corrected chi connectivity index (χ4v) is 6.80. The zero-order valence-corrected chi connectivity index (χ0v) is 25.5. The number of nitrogens with one attached hydrogen (secondary N) is 1. The molecule has 0 radical (unpaired) electrons. The van der Waals surface area contributed by atoms with Crippen LogP contribution in [0.2, 0.25) is 0 Å². The van der Waals surface area contributed by atoms with Crippen LogP contribution in [0.4, 0.5) is 0 Å². The van der Waals surface area contributed by atoms with Gasteiger partial charge in [0.15, 0.2) is 0 Å². The van der Waals surface area contributed by atoms with Gasteiger partial charge in [-0.05, 0) is 52.0 Å². The Morgan fingerprint density at radius 2 is 1.95 bits per heavy atom. The molecule has 3 aliphatic heterocycles. The molecule has 6 atom stereocenters. The SMILES string of the molecule is C=CCCC(=O)NC[C@@H](OC(=O)[C@@H]1[C@@H]2CC[C@]3(O2)[C@H](C(=O)N(CC=C)C(C)(C)C)N(CCCO)C(=O)[C@@H]13)c1ccccc1. The summed E-state index contributed by atoms with van der Waals surface area (Å²) in [5.41, 5.74) is -1.03. The van der Waals surface area contributed by atoms with Gasteiger partial charge in [0.05, 0.1) is 24.5 Å². The van der Waals surface area contributed by atoms with E-state index in [4.69, 9.17) is 9.47 Å². The zero-order valence-electron chi connectivity index (χ0n) is 25.5. The maximum atomic E-state index is 14.3. The monoisotopic (exact) mass is 595 g/mol. The smallest absolute Gasteiger partial charge is 0.313 e. The predicted molar refractivity (Wildman–Crippen MR) is 160 cm³/mol. The van der Waals surface area contributed by atoms with Gasteiger partial charge in [-0.2, -0.15) is 0 Å². The number of amides is 3. The van der Waals surface area contributed by atoms with Crippen molar-refractivity contribution in [1.82, 2.24) is 15.1 Å². The molecule has 43 heavy (non-hydrogen) atoms. The highest BCUT2D eigenvalue weighted by Crippen LogP contribution is 2.59. The van der Waals surface area contributed by atoms with Gasteiger partial charge in [0, 0.05) is 31.7 Å². The number of ether oxygens (including phenoxy) is 2. The van der Waals surface area contributed by atoms with Crippen molar-refractivity contribution in [2.24, 2.45) is 11.8 Å². The van der Waals surface area contributed by atoms with Crippen LogP contribution in [0.3, 0.4) is 0 Å². The van der Waals surface area contributed by atoms with E-state index in [1.54, 1.807) is 17.1 Å². The quantitative estimate of drug-likeness (QED) is 0.250. The number of benzene rings is 1. The molecule has 3 heterocycles. The number of fused-ring (bicyclic) bond motifs is 1. The zero-order chi connectivity index (χ0) is 31.4. The molecule has 3 aliphatic rings. The molecule has 234 valence electrons. The van der Waals surface area contributed by atoms with E-state index < -0.39 is 47.2 Å². The average Bonchev–Trinajstić information content (AvgIpc) is 3.62. The molecule has 1 aromatic rings. The second-order valence-electron chi connectivity index (χ2n) is 12.5. The van der Waals surface area contributed by atoms with Crippen molar-refractivity contribution in [3.05, 3.63) is 61.2 Å². The summed E-state index contributed by atoms with van der Waals surface area (Å²) in [5.74, 6) is -3.17. The number of carbonyl (C=O) groups excluding carboxylic acids is 4. The average molecular weight is 596 g/mol. The van der Waals surface area contributed by atoms with Gasteiger partial charge in [0.25, 0.3) is 0 Å². The number of carbonyl (C=O) groups is 4. The lowest BCUT2D eigenvalue weighted by molar-refractivity contribution is -0.160. The lowest BCUT2D eigenvalue weighted by Crippen LogP contribution is -2.60. The maximum Gasteiger partial charge on any atom is 0.313 e. The molecule has 2 bridgehead atoms. The first-order valence-electron chi connectivity index (χ1n) is 15.1. The van der Waals surface area contributed by atoms with E-state index in [0.717, 1.165) is 0 Å². The minimum absolute atomic E-state index is 0.0690. The van der Waals surface area contributed by atoms with Crippen LogP contribution in [0.25, 0.3) is 0 Å². The fraction of sp³-hybridized carbons (Fsp3) is 0.576. The highest BCUT2D eigenvalue weighted by molar-refractivity contribution is 5.98. The molecule has 3 saturated heterocycles. The first kappa shape index (κ1) is 32.4. The highest BCUT2D eigenvalue weighted by Gasteiger charge is 2.75. The normalized spacial score (nSPS) is 26.5. The molecule has 0 aliphatic carbocycles. The number of allylic oxidation sites excluding steroid dienone is 1. The summed E-state index contributed by atoms with van der Waals surface area (Å²) in [6, 6.07) is 8.20. The summed E-state index contributed by atoms with van der Waals surface area (Å²) < 4.78 is 12.6. The largest absolute Gasteiger partial charge is 0.455 e. The molecule has 4 rings (SSSR count). The molecule has 3 fully saturated rings. The second kappa shape index (κ2) is 13.4. The van der Waals surface area contributed by atoms with Crippen molar-refractivity contribution in [3.63, 3.8) is 0 Å². The lowest BCUT2D eigenvalue weighted by atomic mass is 9.70. The maximum absolute atomic E-state index is 14.3. The van der Waals surface area contributed by atoms with E-state index in [1.165, 1.54) is 4.90 Å². The van der Waals surface area contributed by atoms with Gasteiger partial charge in [0.1, 0.15) is 17.7 Å². The molecular weight excluding hydrogens is 550 g/mol. The predicted octanol–water partition coefficient (Wildman–Crippen LogP) is 2.92. The van der Waals surface area contributed by atoms with Crippen LogP contribution in [-0.4, -0.2) is 88.1 Å². The van der Waals surface area contributed by atoms with Crippen molar-refractivity contribution in [1.29, 1.82) is 0 Å². The van der Waals surface area contributed by atoms with E-state index in [2.05, 4.69) is 18.5 Å².